The van der Waals surface area contributed by atoms with Gasteiger partial charge in [0, 0.05) is 6.42 Å². The Balaban J connectivity index is 0.000000791. The van der Waals surface area contributed by atoms with Gasteiger partial charge >= 0.3 is 0 Å². The lowest BCUT2D eigenvalue weighted by Crippen LogP contribution is -2.10. The summed E-state index contributed by atoms with van der Waals surface area (Å²) in [5, 5.41) is 16.0. The third kappa shape index (κ3) is 4.13. The lowest BCUT2D eigenvalue weighted by Gasteiger charge is -2.00. The van der Waals surface area contributed by atoms with E-state index in [4.69, 9.17) is 5.11 Å². The number of rotatable bonds is 4. The molecule has 1 rings (SSSR count). The fraction of sp³-hybridized carbons (Fsp3) is 0.667. The number of Topliss-reactive ketones (excluding diaryl/α,β-unsaturated/α-hetero) is 1. The summed E-state index contributed by atoms with van der Waals surface area (Å²) in [6, 6.07) is 0. The Morgan fingerprint density at radius 3 is 2.71 bits per heavy atom. The molecule has 0 fully saturated rings. The fourth-order valence-electron chi connectivity index (χ4n) is 0.954. The van der Waals surface area contributed by atoms with Crippen LogP contribution in [-0.2, 0) is 17.8 Å². The summed E-state index contributed by atoms with van der Waals surface area (Å²) in [5.74, 6) is 0.0662. The summed E-state index contributed by atoms with van der Waals surface area (Å²) in [7, 11) is 0. The number of carbonyl (C=O) groups is 1. The van der Waals surface area contributed by atoms with Crippen LogP contribution in [0.5, 0.6) is 0 Å². The summed E-state index contributed by atoms with van der Waals surface area (Å²) in [6.45, 7) is 5.91. The first-order valence-corrected chi connectivity index (χ1v) is 4.71. The number of nitrogens with zero attached hydrogens (tertiary/aromatic N) is 3. The minimum absolute atomic E-state index is 0.00820. The molecule has 1 aromatic heterocycles. The largest absolute Gasteiger partial charge is 0.394 e. The van der Waals surface area contributed by atoms with Crippen molar-refractivity contribution in [2.24, 2.45) is 0 Å². The summed E-state index contributed by atoms with van der Waals surface area (Å²) < 4.78 is 1.53. The number of ketones is 1. The Kier molecular flexibility index (Phi) is 6.57. The van der Waals surface area contributed by atoms with Crippen LogP contribution in [0.25, 0.3) is 0 Å². The van der Waals surface area contributed by atoms with Crippen molar-refractivity contribution >= 4 is 5.78 Å². The van der Waals surface area contributed by atoms with Crippen molar-refractivity contribution in [3.05, 3.63) is 11.9 Å². The van der Waals surface area contributed by atoms with Crippen molar-refractivity contribution < 1.29 is 9.90 Å². The van der Waals surface area contributed by atoms with Gasteiger partial charge in [0.05, 0.1) is 25.0 Å². The molecule has 14 heavy (non-hydrogen) atoms. The molecule has 0 aliphatic carbocycles. The highest BCUT2D eigenvalue weighted by atomic mass is 16.3. The summed E-state index contributed by atoms with van der Waals surface area (Å²) in [6.07, 6.45) is 1.87. The Hall–Kier alpha value is -1.23. The zero-order chi connectivity index (χ0) is 11.0. The number of hydrogen-bond donors (Lipinski definition) is 1. The number of hydrogen-bond acceptors (Lipinski definition) is 4. The molecule has 1 heterocycles. The molecule has 0 aromatic carbocycles. The molecule has 5 nitrogen and oxygen atoms in total. The monoisotopic (exact) mass is 199 g/mol. The highest BCUT2D eigenvalue weighted by Gasteiger charge is 2.04. The first-order valence-electron chi connectivity index (χ1n) is 4.71. The van der Waals surface area contributed by atoms with Crippen molar-refractivity contribution in [3.8, 4) is 0 Å². The van der Waals surface area contributed by atoms with Gasteiger partial charge in [0.1, 0.15) is 5.78 Å². The minimum Gasteiger partial charge on any atom is -0.394 e. The third-order valence-electron chi connectivity index (χ3n) is 1.44. The van der Waals surface area contributed by atoms with E-state index in [1.807, 2.05) is 13.8 Å². The van der Waals surface area contributed by atoms with E-state index in [0.29, 0.717) is 13.0 Å². The van der Waals surface area contributed by atoms with Crippen molar-refractivity contribution in [2.75, 3.05) is 6.61 Å². The van der Waals surface area contributed by atoms with E-state index in [1.165, 1.54) is 17.8 Å². The lowest BCUT2D eigenvalue weighted by molar-refractivity contribution is -0.116. The molecule has 0 amide bonds. The smallest absolute Gasteiger partial charge is 0.135 e. The van der Waals surface area contributed by atoms with Crippen molar-refractivity contribution in [1.29, 1.82) is 0 Å². The van der Waals surface area contributed by atoms with Gasteiger partial charge in [-0.1, -0.05) is 19.1 Å². The number of aliphatic hydroxyl groups is 1. The molecule has 0 spiro atoms. The van der Waals surface area contributed by atoms with Crippen LogP contribution in [-0.4, -0.2) is 32.5 Å². The standard InChI is InChI=1S/C7H11N3O2.C2H6/c1-6(12)4-7-5-8-9-10(7)2-3-11;1-2/h5,11H,2-4H2,1H3;1-2H3. The van der Waals surface area contributed by atoms with Gasteiger partial charge in [-0.15, -0.1) is 5.10 Å². The second kappa shape index (κ2) is 7.20. The maximum Gasteiger partial charge on any atom is 0.135 e. The van der Waals surface area contributed by atoms with Crippen LogP contribution in [0.1, 0.15) is 26.5 Å². The van der Waals surface area contributed by atoms with Gasteiger partial charge < -0.3 is 5.11 Å². The van der Waals surface area contributed by atoms with Crippen LogP contribution >= 0.6 is 0 Å². The van der Waals surface area contributed by atoms with Crippen LogP contribution in [0, 0.1) is 0 Å². The fourth-order valence-corrected chi connectivity index (χ4v) is 0.954. The summed E-state index contributed by atoms with van der Waals surface area (Å²) >= 11 is 0. The van der Waals surface area contributed by atoms with E-state index in [-0.39, 0.29) is 12.4 Å². The summed E-state index contributed by atoms with van der Waals surface area (Å²) in [5.41, 5.74) is 0.747. The molecule has 5 heteroatoms. The van der Waals surface area contributed by atoms with Gasteiger partial charge in [-0.2, -0.15) is 0 Å². The van der Waals surface area contributed by atoms with Crippen molar-refractivity contribution in [3.63, 3.8) is 0 Å². The number of carbonyl (C=O) groups excluding carboxylic acids is 1. The topological polar surface area (TPSA) is 68.0 Å². The first-order chi connectivity index (χ1) is 6.74. The first kappa shape index (κ1) is 12.8. The molecule has 1 aromatic rings. The molecule has 1 N–H and O–H groups in total. The zero-order valence-corrected chi connectivity index (χ0v) is 8.90. The molecule has 0 saturated heterocycles. The molecule has 0 unspecified atom stereocenters. The number of aromatic nitrogens is 3. The molecule has 0 aliphatic heterocycles. The highest BCUT2D eigenvalue weighted by Crippen LogP contribution is 1.97. The van der Waals surface area contributed by atoms with Crippen LogP contribution in [0.15, 0.2) is 6.20 Å². The van der Waals surface area contributed by atoms with Gasteiger partial charge in [-0.3, -0.25) is 4.79 Å². The molecule has 0 radical (unpaired) electrons. The molecule has 0 saturated carbocycles. The number of aliphatic hydroxyl groups excluding tert-OH is 1. The minimum atomic E-state index is 0.00820. The Morgan fingerprint density at radius 1 is 1.57 bits per heavy atom. The van der Waals surface area contributed by atoms with E-state index in [2.05, 4.69) is 10.3 Å². The van der Waals surface area contributed by atoms with Gasteiger partial charge in [0.25, 0.3) is 0 Å². The third-order valence-corrected chi connectivity index (χ3v) is 1.44. The van der Waals surface area contributed by atoms with E-state index in [0.717, 1.165) is 5.69 Å². The molecule has 0 aliphatic rings. The van der Waals surface area contributed by atoms with Crippen LogP contribution < -0.4 is 0 Å². The van der Waals surface area contributed by atoms with Gasteiger partial charge in [0.15, 0.2) is 0 Å². The second-order valence-corrected chi connectivity index (χ2v) is 2.55. The predicted octanol–water partition coefficient (Wildman–Crippen LogP) is 0.428. The highest BCUT2D eigenvalue weighted by molar-refractivity contribution is 5.77. The van der Waals surface area contributed by atoms with E-state index >= 15 is 0 Å². The van der Waals surface area contributed by atoms with Crippen molar-refractivity contribution in [1.82, 2.24) is 15.0 Å². The Labute approximate surface area is 83.7 Å². The molecular weight excluding hydrogens is 182 g/mol. The van der Waals surface area contributed by atoms with Crippen molar-refractivity contribution in [2.45, 2.75) is 33.7 Å². The lowest BCUT2D eigenvalue weighted by atomic mass is 10.2. The maximum absolute atomic E-state index is 10.7. The quantitative estimate of drug-likeness (QED) is 0.763. The summed E-state index contributed by atoms with van der Waals surface area (Å²) in [4.78, 5) is 10.7. The average Bonchev–Trinajstić information content (AvgIpc) is 2.56. The van der Waals surface area contributed by atoms with E-state index < -0.39 is 0 Å². The molecule has 0 bridgehead atoms. The Bertz CT molecular complexity index is 271. The van der Waals surface area contributed by atoms with Crippen LogP contribution in [0.4, 0.5) is 0 Å². The van der Waals surface area contributed by atoms with Gasteiger partial charge in [-0.05, 0) is 6.92 Å². The van der Waals surface area contributed by atoms with Crippen LogP contribution in [0.2, 0.25) is 0 Å². The Morgan fingerprint density at radius 2 is 2.21 bits per heavy atom. The second-order valence-electron chi connectivity index (χ2n) is 2.55. The molecule has 0 atom stereocenters. The van der Waals surface area contributed by atoms with E-state index in [9.17, 15) is 4.79 Å². The molecular formula is C9H17N3O2. The van der Waals surface area contributed by atoms with Gasteiger partial charge in [-0.25, -0.2) is 4.68 Å². The predicted molar refractivity (Wildman–Crippen MR) is 52.8 cm³/mol. The van der Waals surface area contributed by atoms with Crippen LogP contribution in [0.3, 0.4) is 0 Å². The zero-order valence-electron chi connectivity index (χ0n) is 8.90. The maximum atomic E-state index is 10.7. The molecule has 80 valence electrons. The van der Waals surface area contributed by atoms with Gasteiger partial charge in [0.2, 0.25) is 0 Å². The van der Waals surface area contributed by atoms with E-state index in [1.54, 1.807) is 0 Å². The SMILES string of the molecule is CC.CC(=O)Cc1cnnn1CCO. The average molecular weight is 199 g/mol. The normalized spacial score (nSPS) is 9.14.